The lowest BCUT2D eigenvalue weighted by atomic mass is 10.1. The third-order valence-electron chi connectivity index (χ3n) is 4.81. The van der Waals surface area contributed by atoms with Gasteiger partial charge in [-0.25, -0.2) is 23.1 Å². The number of sulfonamides is 1. The largest absolute Gasteiger partial charge is 0.326 e. The van der Waals surface area contributed by atoms with E-state index in [1.807, 2.05) is 30.3 Å². The van der Waals surface area contributed by atoms with Gasteiger partial charge < -0.3 is 5.32 Å². The number of anilines is 2. The van der Waals surface area contributed by atoms with E-state index in [0.29, 0.717) is 11.4 Å². The summed E-state index contributed by atoms with van der Waals surface area (Å²) in [6.45, 7) is 1.75. The average Bonchev–Trinajstić information content (AvgIpc) is 3.50. The lowest BCUT2D eigenvalue weighted by Crippen LogP contribution is -2.16. The summed E-state index contributed by atoms with van der Waals surface area (Å²) < 4.78 is 27.3. The summed E-state index contributed by atoms with van der Waals surface area (Å²) in [5.41, 5.74) is 2.38. The zero-order valence-corrected chi connectivity index (χ0v) is 16.6. The van der Waals surface area contributed by atoms with Gasteiger partial charge in [-0.3, -0.25) is 4.79 Å². The maximum Gasteiger partial charge on any atom is 0.264 e. The van der Waals surface area contributed by atoms with Crippen molar-refractivity contribution >= 4 is 27.6 Å². The Morgan fingerprint density at radius 1 is 1.03 bits per heavy atom. The summed E-state index contributed by atoms with van der Waals surface area (Å²) in [5, 5.41) is 2.86. The second-order valence-corrected chi connectivity index (χ2v) is 8.68. The number of hydrogen-bond acceptors (Lipinski definition) is 5. The predicted molar refractivity (Wildman–Crippen MR) is 110 cm³/mol. The molecule has 1 aliphatic carbocycles. The number of aryl methyl sites for hydroxylation is 1. The molecule has 2 aromatic carbocycles. The van der Waals surface area contributed by atoms with E-state index >= 15 is 0 Å². The van der Waals surface area contributed by atoms with E-state index in [0.717, 1.165) is 6.42 Å². The molecule has 1 aliphatic rings. The molecule has 2 atom stereocenters. The second-order valence-electron chi connectivity index (χ2n) is 7.00. The van der Waals surface area contributed by atoms with Gasteiger partial charge in [0.05, 0.1) is 4.90 Å². The van der Waals surface area contributed by atoms with Gasteiger partial charge in [-0.2, -0.15) is 0 Å². The molecule has 2 N–H and O–H groups in total. The summed E-state index contributed by atoms with van der Waals surface area (Å²) in [7, 11) is -3.81. The van der Waals surface area contributed by atoms with Crippen molar-refractivity contribution in [2.75, 3.05) is 10.0 Å². The van der Waals surface area contributed by atoms with Crippen molar-refractivity contribution < 1.29 is 13.2 Å². The van der Waals surface area contributed by atoms with Gasteiger partial charge in [0.25, 0.3) is 10.0 Å². The molecule has 148 valence electrons. The summed E-state index contributed by atoms with van der Waals surface area (Å²) in [6.07, 6.45) is 2.31. The quantitative estimate of drug-likeness (QED) is 0.652. The van der Waals surface area contributed by atoms with Gasteiger partial charge in [-0.05, 0) is 55.2 Å². The van der Waals surface area contributed by atoms with Crippen LogP contribution in [0.15, 0.2) is 71.8 Å². The summed E-state index contributed by atoms with van der Waals surface area (Å²) >= 11 is 0. The zero-order chi connectivity index (χ0) is 20.4. The Morgan fingerprint density at radius 3 is 2.45 bits per heavy atom. The van der Waals surface area contributed by atoms with Gasteiger partial charge in [0.1, 0.15) is 0 Å². The van der Waals surface area contributed by atoms with Crippen LogP contribution in [-0.2, 0) is 14.8 Å². The Kier molecular flexibility index (Phi) is 5.02. The third-order valence-corrected chi connectivity index (χ3v) is 6.15. The van der Waals surface area contributed by atoms with Crippen molar-refractivity contribution in [2.45, 2.75) is 24.2 Å². The van der Waals surface area contributed by atoms with Crippen LogP contribution in [0.5, 0.6) is 0 Å². The fourth-order valence-electron chi connectivity index (χ4n) is 3.18. The van der Waals surface area contributed by atoms with E-state index < -0.39 is 10.0 Å². The van der Waals surface area contributed by atoms with Crippen LogP contribution in [0.3, 0.4) is 0 Å². The molecule has 1 heterocycles. The number of nitrogens with one attached hydrogen (secondary N) is 2. The Labute approximate surface area is 169 Å². The van der Waals surface area contributed by atoms with Crippen molar-refractivity contribution in [1.82, 2.24) is 9.97 Å². The number of carbonyl (C=O) groups is 1. The van der Waals surface area contributed by atoms with Gasteiger partial charge >= 0.3 is 0 Å². The van der Waals surface area contributed by atoms with Crippen LogP contribution in [-0.4, -0.2) is 24.3 Å². The van der Waals surface area contributed by atoms with E-state index in [2.05, 4.69) is 20.0 Å². The monoisotopic (exact) mass is 408 g/mol. The molecule has 8 heteroatoms. The zero-order valence-electron chi connectivity index (χ0n) is 15.7. The number of carbonyl (C=O) groups excluding carboxylic acids is 1. The maximum atomic E-state index is 12.5. The minimum atomic E-state index is -3.81. The number of amides is 1. The highest BCUT2D eigenvalue weighted by Crippen LogP contribution is 2.47. The molecule has 1 saturated carbocycles. The second kappa shape index (κ2) is 7.63. The highest BCUT2D eigenvalue weighted by molar-refractivity contribution is 7.92. The minimum absolute atomic E-state index is 0.0167. The van der Waals surface area contributed by atoms with Crippen LogP contribution in [0.2, 0.25) is 0 Å². The predicted octanol–water partition coefficient (Wildman–Crippen LogP) is 3.33. The Bertz CT molecular complexity index is 1130. The highest BCUT2D eigenvalue weighted by atomic mass is 32.2. The normalized spacial score (nSPS) is 18.1. The summed E-state index contributed by atoms with van der Waals surface area (Å²) in [6, 6.07) is 17.7. The molecule has 4 rings (SSSR count). The van der Waals surface area contributed by atoms with Crippen LogP contribution in [0.1, 0.15) is 23.6 Å². The van der Waals surface area contributed by atoms with Gasteiger partial charge in [0, 0.05) is 23.5 Å². The first-order valence-corrected chi connectivity index (χ1v) is 10.7. The van der Waals surface area contributed by atoms with Crippen molar-refractivity contribution in [3.63, 3.8) is 0 Å². The first kappa shape index (κ1) is 19.1. The van der Waals surface area contributed by atoms with Gasteiger partial charge in [-0.15, -0.1) is 0 Å². The average molecular weight is 408 g/mol. The van der Waals surface area contributed by atoms with E-state index in [4.69, 9.17) is 0 Å². The molecule has 7 nitrogen and oxygen atoms in total. The van der Waals surface area contributed by atoms with Gasteiger partial charge in [-0.1, -0.05) is 30.3 Å². The molecule has 3 aromatic rings. The molecular weight excluding hydrogens is 388 g/mol. The Morgan fingerprint density at radius 2 is 1.76 bits per heavy atom. The fraction of sp³-hybridized carbons (Fsp3) is 0.190. The van der Waals surface area contributed by atoms with Crippen LogP contribution in [0, 0.1) is 12.8 Å². The van der Waals surface area contributed by atoms with Gasteiger partial charge in [0.15, 0.2) is 0 Å². The van der Waals surface area contributed by atoms with Crippen molar-refractivity contribution in [1.29, 1.82) is 0 Å². The molecule has 0 spiro atoms. The Balaban J connectivity index is 1.40. The lowest BCUT2D eigenvalue weighted by molar-refractivity contribution is -0.117. The SMILES string of the molecule is Cc1ccnc(NS(=O)(=O)c2ccc(NC(=O)C3CC3c3ccccc3)cc2)n1. The van der Waals surface area contributed by atoms with Crippen molar-refractivity contribution in [3.8, 4) is 0 Å². The molecule has 0 saturated heterocycles. The number of rotatable bonds is 6. The molecule has 0 aliphatic heterocycles. The highest BCUT2D eigenvalue weighted by Gasteiger charge is 2.43. The summed E-state index contributed by atoms with van der Waals surface area (Å²) in [4.78, 5) is 20.5. The number of nitrogens with zero attached hydrogens (tertiary/aromatic N) is 2. The van der Waals surface area contributed by atoms with Crippen LogP contribution in [0.25, 0.3) is 0 Å². The van der Waals surface area contributed by atoms with Crippen LogP contribution < -0.4 is 10.0 Å². The topological polar surface area (TPSA) is 101 Å². The smallest absolute Gasteiger partial charge is 0.264 e. The lowest BCUT2D eigenvalue weighted by Gasteiger charge is -2.09. The molecule has 0 bridgehead atoms. The molecule has 1 aromatic heterocycles. The maximum absolute atomic E-state index is 12.5. The first-order valence-electron chi connectivity index (χ1n) is 9.21. The molecule has 1 amide bonds. The van der Waals surface area contributed by atoms with E-state index in [1.165, 1.54) is 23.9 Å². The molecule has 29 heavy (non-hydrogen) atoms. The minimum Gasteiger partial charge on any atom is -0.326 e. The first-order chi connectivity index (χ1) is 13.9. The fourth-order valence-corrected chi connectivity index (χ4v) is 4.13. The molecular formula is C21H20N4O3S. The van der Waals surface area contributed by atoms with E-state index in [1.54, 1.807) is 25.1 Å². The van der Waals surface area contributed by atoms with E-state index in [-0.39, 0.29) is 28.6 Å². The molecule has 1 fully saturated rings. The van der Waals surface area contributed by atoms with E-state index in [9.17, 15) is 13.2 Å². The molecule has 2 unspecified atom stereocenters. The van der Waals surface area contributed by atoms with Crippen molar-refractivity contribution in [3.05, 3.63) is 78.1 Å². The van der Waals surface area contributed by atoms with Crippen molar-refractivity contribution in [2.24, 2.45) is 5.92 Å². The number of benzene rings is 2. The third kappa shape index (κ3) is 4.43. The van der Waals surface area contributed by atoms with Gasteiger partial charge in [0.2, 0.25) is 11.9 Å². The van der Waals surface area contributed by atoms with Crippen LogP contribution in [0.4, 0.5) is 11.6 Å². The van der Waals surface area contributed by atoms with Crippen LogP contribution >= 0.6 is 0 Å². The summed E-state index contributed by atoms with van der Waals surface area (Å²) in [5.74, 6) is 0.152. The standard InChI is InChI=1S/C21H20N4O3S/c1-14-11-12-22-21(23-14)25-29(27,28)17-9-7-16(8-10-17)24-20(26)19-13-18(19)15-5-3-2-4-6-15/h2-12,18-19H,13H2,1H3,(H,24,26)(H,22,23,25). The molecule has 0 radical (unpaired) electrons. The number of hydrogen-bond donors (Lipinski definition) is 2. The Hall–Kier alpha value is -3.26. The number of aromatic nitrogens is 2.